The monoisotopic (exact) mass is 712 g/mol. The molecule has 0 N–H and O–H groups in total. The van der Waals surface area contributed by atoms with Crippen LogP contribution in [-0.2, 0) is 43.0 Å². The fourth-order valence-corrected chi connectivity index (χ4v) is 11.2. The van der Waals surface area contributed by atoms with Crippen LogP contribution in [0.5, 0.6) is 5.75 Å². The van der Waals surface area contributed by atoms with Crippen molar-refractivity contribution in [2.45, 2.75) is 71.5 Å². The maximum absolute atomic E-state index is 14.2. The van der Waals surface area contributed by atoms with Crippen LogP contribution in [0.3, 0.4) is 0 Å². The Morgan fingerprint density at radius 3 is 2.40 bits per heavy atom. The van der Waals surface area contributed by atoms with Gasteiger partial charge < -0.3 is 23.7 Å². The molecule has 0 amide bonds. The summed E-state index contributed by atoms with van der Waals surface area (Å²) in [4.78, 5) is 80.3. The van der Waals surface area contributed by atoms with Gasteiger partial charge in [-0.05, 0) is 78.5 Å². The summed E-state index contributed by atoms with van der Waals surface area (Å²) in [6.45, 7) is 8.93. The summed E-state index contributed by atoms with van der Waals surface area (Å²) in [5.74, 6) is -5.33. The van der Waals surface area contributed by atoms with E-state index in [9.17, 15) is 28.8 Å². The summed E-state index contributed by atoms with van der Waals surface area (Å²) < 4.78 is 23.8. The summed E-state index contributed by atoms with van der Waals surface area (Å²) >= 11 is 5.19. The van der Waals surface area contributed by atoms with Crippen LogP contribution in [0.25, 0.3) is 10.4 Å². The van der Waals surface area contributed by atoms with Gasteiger partial charge in [-0.3, -0.25) is 24.0 Å². The van der Waals surface area contributed by atoms with E-state index < -0.39 is 75.9 Å². The fourth-order valence-electron chi connectivity index (χ4n) is 8.75. The standard InChI is InChI=1S/C35H36O10S3/c1-18-22-9-10-24-34(25(16-36)33(3,4)14-13-26(34)43-19(2)37)17-42-32(41)35(24,30(18)40)31(22)45-28(39)12-11-27(38)44-21-7-5-20(6-8-21)23-15-29(46)48-47-23/h5-8,15-16,22,24-26,31H,1,9-14,17H2,2-4H3/t22-,24-,25+,26-,31+,34-,35-/m0/s1. The molecular formula is C35H36O10S3. The van der Waals surface area contributed by atoms with Gasteiger partial charge in [-0.1, -0.05) is 53.3 Å². The van der Waals surface area contributed by atoms with Crippen LogP contribution in [0.15, 0.2) is 42.5 Å². The SMILES string of the molecule is C=C1C(=O)[C@@]23C(=O)OC[C@]4([C@@H](OC(C)=O)CCC(C)(C)[C@H]4C=O)[C@@H]2CC[C@@H]1[C@H]3OC(=O)CCC(=O)Oc1ccc(-c2cc(=S)ss2)cc1. The van der Waals surface area contributed by atoms with Crippen LogP contribution in [0.1, 0.15) is 59.3 Å². The summed E-state index contributed by atoms with van der Waals surface area (Å²) in [7, 11) is 3.06. The Kier molecular flexibility index (Phi) is 9.10. The van der Waals surface area contributed by atoms with Crippen LogP contribution in [0, 0.1) is 37.8 Å². The Labute approximate surface area is 290 Å². The molecule has 2 spiro atoms. The second-order valence-electron chi connectivity index (χ2n) is 13.8. The van der Waals surface area contributed by atoms with Gasteiger partial charge >= 0.3 is 23.9 Å². The van der Waals surface area contributed by atoms with E-state index in [1.54, 1.807) is 22.5 Å². The minimum absolute atomic E-state index is 0.154. The molecule has 0 radical (unpaired) electrons. The van der Waals surface area contributed by atoms with Crippen LogP contribution < -0.4 is 4.74 Å². The predicted octanol–water partition coefficient (Wildman–Crippen LogP) is 6.06. The molecule has 2 bridgehead atoms. The van der Waals surface area contributed by atoms with Gasteiger partial charge in [0.25, 0.3) is 0 Å². The average molecular weight is 713 g/mol. The number of carbonyl (C=O) groups is 6. The highest BCUT2D eigenvalue weighted by molar-refractivity contribution is 7.80. The first-order valence-electron chi connectivity index (χ1n) is 15.9. The summed E-state index contributed by atoms with van der Waals surface area (Å²) in [5, 5.41) is 0. The van der Waals surface area contributed by atoms with Crippen molar-refractivity contribution in [3.8, 4) is 16.2 Å². The van der Waals surface area contributed by atoms with Crippen molar-refractivity contribution in [1.29, 1.82) is 0 Å². The molecule has 2 aromatic rings. The molecule has 48 heavy (non-hydrogen) atoms. The number of aldehydes is 1. The number of cyclic esters (lactones) is 1. The molecule has 3 aliphatic carbocycles. The quantitative estimate of drug-likeness (QED) is 0.0461. The Bertz CT molecular complexity index is 1760. The molecule has 254 valence electrons. The summed E-state index contributed by atoms with van der Waals surface area (Å²) in [6, 6.07) is 8.84. The normalized spacial score (nSPS) is 31.8. The number of Topliss-reactive ketones (excluding diaryl/α,β-unsaturated/α-hetero) is 1. The second-order valence-corrected chi connectivity index (χ2v) is 16.7. The van der Waals surface area contributed by atoms with E-state index in [1.165, 1.54) is 17.3 Å². The molecule has 7 atom stereocenters. The van der Waals surface area contributed by atoms with E-state index in [-0.39, 0.29) is 25.0 Å². The average Bonchev–Trinajstić information content (AvgIpc) is 3.52. The number of ketones is 1. The second kappa shape index (κ2) is 12.7. The first-order chi connectivity index (χ1) is 22.7. The Morgan fingerprint density at radius 1 is 1.04 bits per heavy atom. The third-order valence-corrected chi connectivity index (χ3v) is 13.7. The highest BCUT2D eigenvalue weighted by Gasteiger charge is 2.79. The van der Waals surface area contributed by atoms with Gasteiger partial charge in [0.15, 0.2) is 11.2 Å². The van der Waals surface area contributed by atoms with E-state index in [2.05, 4.69) is 6.58 Å². The van der Waals surface area contributed by atoms with Crippen LogP contribution in [-0.4, -0.2) is 54.8 Å². The van der Waals surface area contributed by atoms with Crippen molar-refractivity contribution in [1.82, 2.24) is 0 Å². The molecule has 4 aliphatic rings. The molecule has 4 fully saturated rings. The zero-order valence-corrected chi connectivity index (χ0v) is 29.3. The van der Waals surface area contributed by atoms with Crippen molar-refractivity contribution >= 4 is 68.8 Å². The van der Waals surface area contributed by atoms with Gasteiger partial charge in [0.1, 0.15) is 34.7 Å². The molecule has 1 saturated heterocycles. The molecule has 2 heterocycles. The number of hydrogen-bond donors (Lipinski definition) is 0. The number of fused-ring (bicyclic) bond motifs is 2. The highest BCUT2D eigenvalue weighted by Crippen LogP contribution is 2.68. The molecule has 1 aromatic carbocycles. The number of esters is 4. The zero-order chi connectivity index (χ0) is 34.6. The summed E-state index contributed by atoms with van der Waals surface area (Å²) in [6.07, 6.45) is -0.237. The lowest BCUT2D eigenvalue weighted by molar-refractivity contribution is -0.252. The minimum Gasteiger partial charge on any atom is -0.464 e. The van der Waals surface area contributed by atoms with Gasteiger partial charge in [0, 0.05) is 23.6 Å². The number of benzene rings is 1. The topological polar surface area (TPSA) is 139 Å². The lowest BCUT2D eigenvalue weighted by Gasteiger charge is -2.62. The van der Waals surface area contributed by atoms with Crippen molar-refractivity contribution in [2.24, 2.45) is 34.0 Å². The van der Waals surface area contributed by atoms with Crippen molar-refractivity contribution in [3.05, 3.63) is 46.3 Å². The molecule has 1 aromatic heterocycles. The fraction of sp³-hybridized carbons (Fsp3) is 0.514. The van der Waals surface area contributed by atoms with E-state index in [0.717, 1.165) is 20.6 Å². The highest BCUT2D eigenvalue weighted by atomic mass is 32.9. The molecule has 13 heteroatoms. The molecular weight excluding hydrogens is 677 g/mol. The van der Waals surface area contributed by atoms with Crippen molar-refractivity contribution in [2.75, 3.05) is 6.61 Å². The molecule has 10 nitrogen and oxygen atoms in total. The maximum atomic E-state index is 14.2. The van der Waals surface area contributed by atoms with E-state index in [1.807, 2.05) is 32.0 Å². The molecule has 6 rings (SSSR count). The third kappa shape index (κ3) is 5.47. The zero-order valence-electron chi connectivity index (χ0n) is 26.8. The molecule has 1 aliphatic heterocycles. The van der Waals surface area contributed by atoms with Gasteiger partial charge in [-0.25, -0.2) is 0 Å². The number of hydrogen-bond acceptors (Lipinski definition) is 13. The third-order valence-electron chi connectivity index (χ3n) is 10.8. The van der Waals surface area contributed by atoms with Gasteiger partial charge in [-0.15, -0.1) is 0 Å². The van der Waals surface area contributed by atoms with Crippen LogP contribution in [0.4, 0.5) is 0 Å². The lowest BCUT2D eigenvalue weighted by atomic mass is 9.43. The number of ether oxygens (including phenoxy) is 4. The van der Waals surface area contributed by atoms with Crippen LogP contribution in [0.2, 0.25) is 0 Å². The number of rotatable bonds is 8. The van der Waals surface area contributed by atoms with Gasteiger partial charge in [-0.2, -0.15) is 0 Å². The largest absolute Gasteiger partial charge is 0.464 e. The van der Waals surface area contributed by atoms with Crippen LogP contribution >= 0.6 is 32.9 Å². The predicted molar refractivity (Wildman–Crippen MR) is 178 cm³/mol. The number of carbonyl (C=O) groups excluding carboxylic acids is 6. The van der Waals surface area contributed by atoms with Gasteiger partial charge in [0.2, 0.25) is 0 Å². The maximum Gasteiger partial charge on any atom is 0.324 e. The van der Waals surface area contributed by atoms with Crippen molar-refractivity contribution in [3.63, 3.8) is 0 Å². The van der Waals surface area contributed by atoms with Gasteiger partial charge in [0.05, 0.1) is 18.3 Å². The molecule has 3 saturated carbocycles. The Morgan fingerprint density at radius 2 is 1.75 bits per heavy atom. The van der Waals surface area contributed by atoms with E-state index in [4.69, 9.17) is 31.2 Å². The molecule has 0 unspecified atom stereocenters. The van der Waals surface area contributed by atoms with Crippen molar-refractivity contribution < 1.29 is 47.7 Å². The Hall–Kier alpha value is -3.55. The lowest BCUT2D eigenvalue weighted by Crippen LogP contribution is -2.71. The Balaban J connectivity index is 1.22. The van der Waals surface area contributed by atoms with E-state index in [0.29, 0.717) is 31.4 Å². The minimum atomic E-state index is -1.96. The smallest absolute Gasteiger partial charge is 0.324 e. The summed E-state index contributed by atoms with van der Waals surface area (Å²) in [5.41, 5.74) is -2.66. The first kappa shape index (κ1) is 34.3. The first-order valence-corrected chi connectivity index (χ1v) is 18.5. The van der Waals surface area contributed by atoms with E-state index >= 15 is 0 Å².